The number of aromatic hydroxyl groups is 1. The number of aryl methyl sites for hydroxylation is 1. The fourth-order valence-corrected chi connectivity index (χ4v) is 2.63. The van der Waals surface area contributed by atoms with Crippen molar-refractivity contribution >= 4 is 22.5 Å². The van der Waals surface area contributed by atoms with Crippen molar-refractivity contribution in [3.63, 3.8) is 0 Å². The molecule has 0 radical (unpaired) electrons. The standard InChI is InChI=1S/C17H21N3O2/c1-2-3-6-11-20-14-8-5-4-7-13(14)15(17(20)22)18-19-16(21)12-9-10-12/h4-5,7-8,12,22H,2-3,6,9-11H2,1H3. The molecular weight excluding hydrogens is 278 g/mol. The predicted molar refractivity (Wildman–Crippen MR) is 85.4 cm³/mol. The van der Waals surface area contributed by atoms with Crippen LogP contribution in [0, 0.1) is 5.92 Å². The molecule has 1 aromatic heterocycles. The molecule has 0 saturated heterocycles. The molecule has 116 valence electrons. The van der Waals surface area contributed by atoms with Gasteiger partial charge in [-0.15, -0.1) is 10.2 Å². The van der Waals surface area contributed by atoms with Crippen LogP contribution in [0.4, 0.5) is 5.69 Å². The van der Waals surface area contributed by atoms with Gasteiger partial charge in [0.25, 0.3) is 5.91 Å². The van der Waals surface area contributed by atoms with E-state index in [1.54, 1.807) is 0 Å². The quantitative estimate of drug-likeness (QED) is 0.627. The minimum Gasteiger partial charge on any atom is -0.493 e. The third-order valence-electron chi connectivity index (χ3n) is 4.08. The number of hydrogen-bond donors (Lipinski definition) is 1. The van der Waals surface area contributed by atoms with Gasteiger partial charge in [0.2, 0.25) is 5.88 Å². The summed E-state index contributed by atoms with van der Waals surface area (Å²) in [6.07, 6.45) is 5.05. The highest BCUT2D eigenvalue weighted by Gasteiger charge is 2.30. The molecule has 1 aromatic carbocycles. The Morgan fingerprint density at radius 3 is 2.82 bits per heavy atom. The lowest BCUT2D eigenvalue weighted by Gasteiger charge is -2.05. The fraction of sp³-hybridized carbons (Fsp3) is 0.471. The SMILES string of the molecule is CCCCCn1c(O)c(N=NC(=O)C2CC2)c2ccccc21. The van der Waals surface area contributed by atoms with Crippen molar-refractivity contribution in [1.82, 2.24) is 4.57 Å². The van der Waals surface area contributed by atoms with Crippen LogP contribution >= 0.6 is 0 Å². The Labute approximate surface area is 129 Å². The summed E-state index contributed by atoms with van der Waals surface area (Å²) in [5, 5.41) is 19.2. The van der Waals surface area contributed by atoms with E-state index in [0.717, 1.165) is 49.6 Å². The molecule has 0 bridgehead atoms. The van der Waals surface area contributed by atoms with Crippen LogP contribution < -0.4 is 0 Å². The molecule has 1 N–H and O–H groups in total. The summed E-state index contributed by atoms with van der Waals surface area (Å²) >= 11 is 0. The van der Waals surface area contributed by atoms with Gasteiger partial charge in [0, 0.05) is 17.8 Å². The van der Waals surface area contributed by atoms with E-state index in [0.29, 0.717) is 5.69 Å². The molecule has 2 aromatic rings. The highest BCUT2D eigenvalue weighted by Crippen LogP contribution is 2.39. The number of amides is 1. The van der Waals surface area contributed by atoms with Gasteiger partial charge in [-0.2, -0.15) is 0 Å². The van der Waals surface area contributed by atoms with Crippen LogP contribution in [0.5, 0.6) is 5.88 Å². The van der Waals surface area contributed by atoms with Crippen LogP contribution in [0.25, 0.3) is 10.9 Å². The summed E-state index contributed by atoms with van der Waals surface area (Å²) in [5.74, 6) is -0.0318. The van der Waals surface area contributed by atoms with Crippen LogP contribution in [-0.4, -0.2) is 15.6 Å². The Hall–Kier alpha value is -2.17. The summed E-state index contributed by atoms with van der Waals surface area (Å²) in [5.41, 5.74) is 1.34. The predicted octanol–water partition coefficient (Wildman–Crippen LogP) is 4.56. The largest absolute Gasteiger partial charge is 0.493 e. The zero-order valence-corrected chi connectivity index (χ0v) is 12.8. The molecule has 1 fully saturated rings. The molecule has 3 rings (SSSR count). The summed E-state index contributed by atoms with van der Waals surface area (Å²) in [4.78, 5) is 11.7. The molecule has 1 aliphatic rings. The van der Waals surface area contributed by atoms with Crippen molar-refractivity contribution in [1.29, 1.82) is 0 Å². The van der Waals surface area contributed by atoms with Gasteiger partial charge in [0.15, 0.2) is 5.69 Å². The van der Waals surface area contributed by atoms with E-state index >= 15 is 0 Å². The Balaban J connectivity index is 1.94. The van der Waals surface area contributed by atoms with Gasteiger partial charge in [0.05, 0.1) is 5.52 Å². The average molecular weight is 299 g/mol. The number of hydrogen-bond acceptors (Lipinski definition) is 3. The number of nitrogens with zero attached hydrogens (tertiary/aromatic N) is 3. The normalized spacial score (nSPS) is 15.0. The molecule has 1 amide bonds. The number of para-hydroxylation sites is 1. The number of aromatic nitrogens is 1. The van der Waals surface area contributed by atoms with Crippen LogP contribution in [0.15, 0.2) is 34.5 Å². The number of benzene rings is 1. The van der Waals surface area contributed by atoms with Crippen molar-refractivity contribution in [2.24, 2.45) is 16.1 Å². The number of carbonyl (C=O) groups is 1. The van der Waals surface area contributed by atoms with Crippen molar-refractivity contribution in [2.45, 2.75) is 45.6 Å². The lowest BCUT2D eigenvalue weighted by atomic mass is 10.2. The Morgan fingerprint density at radius 1 is 1.32 bits per heavy atom. The van der Waals surface area contributed by atoms with Crippen molar-refractivity contribution in [3.8, 4) is 5.88 Å². The second-order valence-corrected chi connectivity index (χ2v) is 5.86. The van der Waals surface area contributed by atoms with Gasteiger partial charge in [-0.25, -0.2) is 0 Å². The van der Waals surface area contributed by atoms with Gasteiger partial charge >= 0.3 is 0 Å². The molecule has 1 heterocycles. The first-order valence-electron chi connectivity index (χ1n) is 7.98. The maximum absolute atomic E-state index is 11.7. The maximum atomic E-state index is 11.7. The second kappa shape index (κ2) is 6.30. The minimum atomic E-state index is -0.179. The fourth-order valence-electron chi connectivity index (χ4n) is 2.63. The minimum absolute atomic E-state index is 0.0452. The lowest BCUT2D eigenvalue weighted by Crippen LogP contribution is -1.96. The van der Waals surface area contributed by atoms with Gasteiger partial charge in [-0.3, -0.25) is 4.79 Å². The third kappa shape index (κ3) is 2.89. The summed E-state index contributed by atoms with van der Waals surface area (Å²) in [6, 6.07) is 7.71. The number of azo groups is 1. The van der Waals surface area contributed by atoms with Crippen LogP contribution in [0.1, 0.15) is 39.0 Å². The molecule has 5 nitrogen and oxygen atoms in total. The van der Waals surface area contributed by atoms with E-state index in [4.69, 9.17) is 0 Å². The second-order valence-electron chi connectivity index (χ2n) is 5.86. The Bertz CT molecular complexity index is 714. The van der Waals surface area contributed by atoms with E-state index in [1.165, 1.54) is 0 Å². The maximum Gasteiger partial charge on any atom is 0.267 e. The molecule has 1 saturated carbocycles. The first-order chi connectivity index (χ1) is 10.7. The van der Waals surface area contributed by atoms with Crippen LogP contribution in [0.2, 0.25) is 0 Å². The summed E-state index contributed by atoms with van der Waals surface area (Å²) < 4.78 is 1.86. The zero-order valence-electron chi connectivity index (χ0n) is 12.8. The number of unbranched alkanes of at least 4 members (excludes halogenated alkanes) is 2. The van der Waals surface area contributed by atoms with Crippen molar-refractivity contribution in [3.05, 3.63) is 24.3 Å². The van der Waals surface area contributed by atoms with E-state index < -0.39 is 0 Å². The van der Waals surface area contributed by atoms with E-state index in [1.807, 2.05) is 28.8 Å². The first-order valence-corrected chi connectivity index (χ1v) is 7.98. The molecule has 5 heteroatoms. The van der Waals surface area contributed by atoms with E-state index in [2.05, 4.69) is 17.2 Å². The molecule has 0 aliphatic heterocycles. The Morgan fingerprint density at radius 2 is 2.09 bits per heavy atom. The topological polar surface area (TPSA) is 66.9 Å². The van der Waals surface area contributed by atoms with E-state index in [-0.39, 0.29) is 17.7 Å². The summed E-state index contributed by atoms with van der Waals surface area (Å²) in [6.45, 7) is 2.89. The van der Waals surface area contributed by atoms with Crippen molar-refractivity contribution in [2.75, 3.05) is 0 Å². The summed E-state index contributed by atoms with van der Waals surface area (Å²) in [7, 11) is 0. The van der Waals surface area contributed by atoms with Crippen molar-refractivity contribution < 1.29 is 9.90 Å². The van der Waals surface area contributed by atoms with Gasteiger partial charge in [-0.1, -0.05) is 38.0 Å². The molecule has 22 heavy (non-hydrogen) atoms. The van der Waals surface area contributed by atoms with Gasteiger partial charge < -0.3 is 9.67 Å². The van der Waals surface area contributed by atoms with Gasteiger partial charge in [0.1, 0.15) is 0 Å². The number of carbonyl (C=O) groups excluding carboxylic acids is 1. The lowest BCUT2D eigenvalue weighted by molar-refractivity contribution is -0.119. The Kier molecular flexibility index (Phi) is 4.22. The van der Waals surface area contributed by atoms with Crippen LogP contribution in [-0.2, 0) is 11.3 Å². The van der Waals surface area contributed by atoms with E-state index in [9.17, 15) is 9.90 Å². The number of fused-ring (bicyclic) bond motifs is 1. The third-order valence-corrected chi connectivity index (χ3v) is 4.08. The molecule has 0 atom stereocenters. The average Bonchev–Trinajstić information content (AvgIpc) is 3.33. The molecule has 0 unspecified atom stereocenters. The first kappa shape index (κ1) is 14.8. The highest BCUT2D eigenvalue weighted by molar-refractivity contribution is 5.95. The zero-order chi connectivity index (χ0) is 15.5. The molecule has 1 aliphatic carbocycles. The number of rotatable bonds is 6. The highest BCUT2D eigenvalue weighted by atomic mass is 16.3. The van der Waals surface area contributed by atoms with Crippen LogP contribution in [0.3, 0.4) is 0 Å². The monoisotopic (exact) mass is 299 g/mol. The molecule has 0 spiro atoms. The van der Waals surface area contributed by atoms with Gasteiger partial charge in [-0.05, 0) is 25.3 Å². The smallest absolute Gasteiger partial charge is 0.267 e. The molecular formula is C17H21N3O2.